The number of alkyl carbamates (subject to hydrolysis) is 1. The molecule has 9 nitrogen and oxygen atoms in total. The number of nitrogens with one attached hydrogen (secondary N) is 3. The first-order valence-corrected chi connectivity index (χ1v) is 12.7. The van der Waals surface area contributed by atoms with Gasteiger partial charge in [0.05, 0.1) is 6.33 Å². The van der Waals surface area contributed by atoms with E-state index in [1.54, 1.807) is 40.3 Å². The Labute approximate surface area is 213 Å². The van der Waals surface area contributed by atoms with Gasteiger partial charge >= 0.3 is 6.09 Å². The fourth-order valence-electron chi connectivity index (χ4n) is 4.45. The summed E-state index contributed by atoms with van der Waals surface area (Å²) in [6.45, 7) is 5.30. The second-order valence-electron chi connectivity index (χ2n) is 10.5. The molecule has 0 radical (unpaired) electrons. The number of imidazole rings is 1. The monoisotopic (exact) mass is 497 g/mol. The average molecular weight is 498 g/mol. The van der Waals surface area contributed by atoms with Crippen LogP contribution in [0.5, 0.6) is 0 Å². The van der Waals surface area contributed by atoms with Gasteiger partial charge in [-0.25, -0.2) is 9.78 Å². The van der Waals surface area contributed by atoms with E-state index < -0.39 is 23.8 Å². The Bertz CT molecular complexity index is 981. The highest BCUT2D eigenvalue weighted by atomic mass is 16.6. The van der Waals surface area contributed by atoms with Crippen LogP contribution >= 0.6 is 0 Å². The molecule has 0 aliphatic heterocycles. The first-order valence-electron chi connectivity index (χ1n) is 12.7. The highest BCUT2D eigenvalue weighted by molar-refractivity contribution is 5.91. The lowest BCUT2D eigenvalue weighted by molar-refractivity contribution is -0.140. The molecule has 3 amide bonds. The Morgan fingerprint density at radius 2 is 1.81 bits per heavy atom. The predicted octanol–water partition coefficient (Wildman–Crippen LogP) is 3.36. The number of nitrogens with zero attached hydrogens (tertiary/aromatic N) is 2. The van der Waals surface area contributed by atoms with Crippen molar-refractivity contribution >= 4 is 17.9 Å². The van der Waals surface area contributed by atoms with Gasteiger partial charge in [0.1, 0.15) is 17.7 Å². The number of likely N-dealkylation sites (N-methyl/N-ethyl adjacent to an activating group) is 1. The van der Waals surface area contributed by atoms with E-state index in [9.17, 15) is 14.4 Å². The number of aromatic nitrogens is 2. The van der Waals surface area contributed by atoms with Gasteiger partial charge in [0.15, 0.2) is 0 Å². The number of aromatic amines is 1. The summed E-state index contributed by atoms with van der Waals surface area (Å²) in [5.74, 6) is -0.573. The first kappa shape index (κ1) is 27.2. The van der Waals surface area contributed by atoms with E-state index in [0.29, 0.717) is 0 Å². The van der Waals surface area contributed by atoms with Crippen molar-refractivity contribution in [3.05, 3.63) is 54.1 Å². The molecule has 1 aliphatic carbocycles. The molecule has 1 aliphatic rings. The van der Waals surface area contributed by atoms with Crippen LogP contribution in [0.15, 0.2) is 42.9 Å². The fourth-order valence-corrected chi connectivity index (χ4v) is 4.45. The number of hydrogen-bond acceptors (Lipinski definition) is 5. The summed E-state index contributed by atoms with van der Waals surface area (Å²) in [4.78, 5) is 48.3. The third kappa shape index (κ3) is 8.39. The molecule has 36 heavy (non-hydrogen) atoms. The van der Waals surface area contributed by atoms with E-state index >= 15 is 0 Å². The van der Waals surface area contributed by atoms with Crippen LogP contribution in [0.25, 0.3) is 0 Å². The number of H-pyrrole nitrogens is 1. The molecule has 1 fully saturated rings. The number of carbonyl (C=O) groups excluding carboxylic acids is 3. The van der Waals surface area contributed by atoms with Crippen LogP contribution in [0.2, 0.25) is 0 Å². The maximum absolute atomic E-state index is 13.8. The van der Waals surface area contributed by atoms with Crippen molar-refractivity contribution < 1.29 is 19.1 Å². The summed E-state index contributed by atoms with van der Waals surface area (Å²) < 4.78 is 5.42. The maximum Gasteiger partial charge on any atom is 0.408 e. The second kappa shape index (κ2) is 12.6. The van der Waals surface area contributed by atoms with Crippen LogP contribution in [0.3, 0.4) is 0 Å². The zero-order chi connectivity index (χ0) is 26.1. The van der Waals surface area contributed by atoms with Gasteiger partial charge in [0.2, 0.25) is 11.8 Å². The molecule has 3 rings (SSSR count). The Morgan fingerprint density at radius 3 is 2.42 bits per heavy atom. The molecule has 196 valence electrons. The van der Waals surface area contributed by atoms with E-state index in [-0.39, 0.29) is 30.7 Å². The fraction of sp³-hybridized carbons (Fsp3) is 0.556. The number of hydrogen-bond donors (Lipinski definition) is 3. The molecule has 9 heteroatoms. The van der Waals surface area contributed by atoms with Crippen LogP contribution in [-0.4, -0.2) is 63.5 Å². The Morgan fingerprint density at radius 1 is 1.11 bits per heavy atom. The minimum absolute atomic E-state index is 0.110. The van der Waals surface area contributed by atoms with Crippen LogP contribution in [-0.2, 0) is 27.2 Å². The number of benzene rings is 1. The maximum atomic E-state index is 13.8. The molecule has 0 unspecified atom stereocenters. The Balaban J connectivity index is 1.81. The molecular weight excluding hydrogens is 458 g/mol. The van der Waals surface area contributed by atoms with Crippen LogP contribution in [0, 0.1) is 0 Å². The summed E-state index contributed by atoms with van der Waals surface area (Å²) in [7, 11) is 1.61. The number of carbonyl (C=O) groups is 3. The van der Waals surface area contributed by atoms with E-state index in [0.717, 1.165) is 36.9 Å². The molecule has 3 N–H and O–H groups in total. The zero-order valence-corrected chi connectivity index (χ0v) is 21.8. The number of rotatable bonds is 9. The average Bonchev–Trinajstić information content (AvgIpc) is 3.35. The molecule has 2 atom stereocenters. The lowest BCUT2D eigenvalue weighted by Gasteiger charge is -2.33. The van der Waals surface area contributed by atoms with Gasteiger partial charge in [-0.3, -0.25) is 9.59 Å². The minimum atomic E-state index is -0.904. The summed E-state index contributed by atoms with van der Waals surface area (Å²) in [6.07, 6.45) is 8.31. The van der Waals surface area contributed by atoms with Gasteiger partial charge in [-0.1, -0.05) is 49.6 Å². The van der Waals surface area contributed by atoms with E-state index in [4.69, 9.17) is 4.74 Å². The first-order chi connectivity index (χ1) is 17.1. The number of amides is 3. The minimum Gasteiger partial charge on any atom is -0.444 e. The van der Waals surface area contributed by atoms with Gasteiger partial charge in [0, 0.05) is 37.8 Å². The molecular formula is C27H39N5O4. The highest BCUT2D eigenvalue weighted by Gasteiger charge is 2.34. The smallest absolute Gasteiger partial charge is 0.408 e. The largest absolute Gasteiger partial charge is 0.444 e. The summed E-state index contributed by atoms with van der Waals surface area (Å²) in [5.41, 5.74) is 0.926. The lowest BCUT2D eigenvalue weighted by Crippen LogP contribution is -2.57. The molecule has 2 aromatic rings. The summed E-state index contributed by atoms with van der Waals surface area (Å²) in [6, 6.07) is 7.89. The highest BCUT2D eigenvalue weighted by Crippen LogP contribution is 2.19. The van der Waals surface area contributed by atoms with Crippen molar-refractivity contribution in [2.45, 2.75) is 89.4 Å². The van der Waals surface area contributed by atoms with Crippen molar-refractivity contribution in [3.63, 3.8) is 0 Å². The SMILES string of the molecule is CN(C(=O)[C@H](Cc1ccccc1)NC(=O)OC(C)(C)C)[C@@H](Cc1cnc[nH]1)C(=O)NC1CCCCC1. The van der Waals surface area contributed by atoms with Crippen molar-refractivity contribution in [1.82, 2.24) is 25.5 Å². The van der Waals surface area contributed by atoms with E-state index in [1.807, 2.05) is 30.3 Å². The molecule has 1 aromatic carbocycles. The summed E-state index contributed by atoms with van der Waals surface area (Å²) >= 11 is 0. The molecule has 0 spiro atoms. The molecule has 0 saturated heterocycles. The third-order valence-electron chi connectivity index (χ3n) is 6.31. The van der Waals surface area contributed by atoms with Gasteiger partial charge in [-0.2, -0.15) is 0 Å². The normalized spacial score (nSPS) is 16.0. The van der Waals surface area contributed by atoms with Gasteiger partial charge in [-0.05, 0) is 39.2 Å². The van der Waals surface area contributed by atoms with Crippen LogP contribution in [0.1, 0.15) is 64.1 Å². The van der Waals surface area contributed by atoms with Gasteiger partial charge in [-0.15, -0.1) is 0 Å². The molecule has 1 heterocycles. The van der Waals surface area contributed by atoms with Gasteiger partial charge < -0.3 is 25.3 Å². The predicted molar refractivity (Wildman–Crippen MR) is 137 cm³/mol. The van der Waals surface area contributed by atoms with Crippen molar-refractivity contribution in [2.24, 2.45) is 0 Å². The standard InChI is InChI=1S/C27H39N5O4/c1-27(2,3)36-26(35)31-22(15-19-11-7-5-8-12-19)25(34)32(4)23(16-21-17-28-18-29-21)24(33)30-20-13-9-6-10-14-20/h5,7-8,11-12,17-18,20,22-23H,6,9-10,13-16H2,1-4H3,(H,28,29)(H,30,33)(H,31,35)/t22-,23-/m0/s1. The van der Waals surface area contributed by atoms with E-state index in [1.165, 1.54) is 11.3 Å². The van der Waals surface area contributed by atoms with Crippen molar-refractivity contribution in [3.8, 4) is 0 Å². The van der Waals surface area contributed by atoms with Gasteiger partial charge in [0.25, 0.3) is 0 Å². The van der Waals surface area contributed by atoms with Crippen molar-refractivity contribution in [1.29, 1.82) is 0 Å². The number of ether oxygens (including phenoxy) is 1. The zero-order valence-electron chi connectivity index (χ0n) is 21.8. The second-order valence-corrected chi connectivity index (χ2v) is 10.5. The van der Waals surface area contributed by atoms with Crippen molar-refractivity contribution in [2.75, 3.05) is 7.05 Å². The van der Waals surface area contributed by atoms with Crippen LogP contribution in [0.4, 0.5) is 4.79 Å². The Hall–Kier alpha value is -3.36. The molecule has 0 bridgehead atoms. The third-order valence-corrected chi connectivity index (χ3v) is 6.31. The summed E-state index contributed by atoms with van der Waals surface area (Å²) in [5, 5.41) is 5.88. The molecule has 1 aromatic heterocycles. The lowest BCUT2D eigenvalue weighted by atomic mass is 9.95. The van der Waals surface area contributed by atoms with Crippen LogP contribution < -0.4 is 10.6 Å². The topological polar surface area (TPSA) is 116 Å². The quantitative estimate of drug-likeness (QED) is 0.491. The van der Waals surface area contributed by atoms with E-state index in [2.05, 4.69) is 20.6 Å². The molecule has 1 saturated carbocycles. The Kier molecular flexibility index (Phi) is 9.50.